The zero-order valence-electron chi connectivity index (χ0n) is 17.0. The Morgan fingerprint density at radius 3 is 2.25 bits per heavy atom. The third kappa shape index (κ3) is 6.73. The molecule has 0 aliphatic rings. The molecule has 0 aliphatic carbocycles. The molecular weight excluding hydrogens is 453 g/mol. The van der Waals surface area contributed by atoms with Crippen LogP contribution in [-0.4, -0.2) is 25.1 Å². The van der Waals surface area contributed by atoms with Crippen molar-refractivity contribution in [1.82, 2.24) is 5.43 Å². The quantitative estimate of drug-likeness (QED) is 0.297. The Morgan fingerprint density at radius 1 is 0.906 bits per heavy atom. The van der Waals surface area contributed by atoms with Crippen LogP contribution in [0.5, 0.6) is 11.5 Å². The molecule has 9 heteroatoms. The fourth-order valence-corrected chi connectivity index (χ4v) is 2.85. The number of nitrogens with one attached hydrogen (secondary N) is 2. The number of ether oxygens (including phenoxy) is 2. The molecule has 3 aromatic rings. The molecule has 32 heavy (non-hydrogen) atoms. The third-order valence-corrected chi connectivity index (χ3v) is 4.94. The lowest BCUT2D eigenvalue weighted by Crippen LogP contribution is -2.32. The van der Waals surface area contributed by atoms with E-state index in [9.17, 15) is 9.59 Å². The number of hydrogen-bond acceptors (Lipinski definition) is 5. The van der Waals surface area contributed by atoms with Crippen LogP contribution in [0.1, 0.15) is 11.1 Å². The smallest absolute Gasteiger partial charge is 0.329 e. The van der Waals surface area contributed by atoms with Gasteiger partial charge >= 0.3 is 11.8 Å². The minimum atomic E-state index is -0.890. The van der Waals surface area contributed by atoms with Crippen molar-refractivity contribution in [2.75, 3.05) is 12.4 Å². The van der Waals surface area contributed by atoms with E-state index < -0.39 is 11.8 Å². The first-order chi connectivity index (χ1) is 15.4. The standard InChI is InChI=1S/C23H19Cl2N3O4/c1-31-18-9-5-17(6-10-18)27-22(29)23(30)28-26-13-15-2-7-19(8-3-15)32-14-16-4-11-20(24)21(25)12-16/h2-13H,14H2,1H3,(H,27,29)(H,28,30)/b26-13-. The molecule has 0 aliphatic heterocycles. The van der Waals surface area contributed by atoms with E-state index in [0.717, 1.165) is 5.56 Å². The molecule has 0 atom stereocenters. The average Bonchev–Trinajstić information content (AvgIpc) is 2.81. The minimum Gasteiger partial charge on any atom is -0.497 e. The molecule has 2 N–H and O–H groups in total. The van der Waals surface area contributed by atoms with E-state index in [4.69, 9.17) is 32.7 Å². The number of hydrogen-bond donors (Lipinski definition) is 2. The number of hydrazone groups is 1. The largest absolute Gasteiger partial charge is 0.497 e. The van der Waals surface area contributed by atoms with Gasteiger partial charge in [-0.2, -0.15) is 5.10 Å². The summed E-state index contributed by atoms with van der Waals surface area (Å²) in [6, 6.07) is 18.9. The molecule has 0 radical (unpaired) electrons. The van der Waals surface area contributed by atoms with Crippen LogP contribution in [-0.2, 0) is 16.2 Å². The van der Waals surface area contributed by atoms with Crippen LogP contribution in [0.3, 0.4) is 0 Å². The van der Waals surface area contributed by atoms with Crippen LogP contribution < -0.4 is 20.2 Å². The van der Waals surface area contributed by atoms with Gasteiger partial charge in [-0.3, -0.25) is 9.59 Å². The first-order valence-corrected chi connectivity index (χ1v) is 10.2. The maximum absolute atomic E-state index is 11.9. The summed E-state index contributed by atoms with van der Waals surface area (Å²) in [5, 5.41) is 7.23. The number of amides is 2. The van der Waals surface area contributed by atoms with Crippen LogP contribution in [0.2, 0.25) is 10.0 Å². The topological polar surface area (TPSA) is 89.0 Å². The van der Waals surface area contributed by atoms with Crippen LogP contribution in [0.25, 0.3) is 0 Å². The summed E-state index contributed by atoms with van der Waals surface area (Å²) in [5.74, 6) is -0.434. The first kappa shape index (κ1) is 23.1. The highest BCUT2D eigenvalue weighted by Crippen LogP contribution is 2.23. The molecule has 0 fully saturated rings. The van der Waals surface area contributed by atoms with E-state index in [1.165, 1.54) is 13.3 Å². The monoisotopic (exact) mass is 471 g/mol. The second kappa shape index (κ2) is 11.2. The zero-order chi connectivity index (χ0) is 22.9. The fourth-order valence-electron chi connectivity index (χ4n) is 2.52. The van der Waals surface area contributed by atoms with Gasteiger partial charge in [0.1, 0.15) is 18.1 Å². The van der Waals surface area contributed by atoms with Crippen molar-refractivity contribution >= 4 is 46.9 Å². The number of benzene rings is 3. The van der Waals surface area contributed by atoms with Gasteiger partial charge in [-0.15, -0.1) is 0 Å². The molecule has 0 spiro atoms. The summed E-state index contributed by atoms with van der Waals surface area (Å²) in [4.78, 5) is 23.8. The summed E-state index contributed by atoms with van der Waals surface area (Å²) in [7, 11) is 1.54. The molecule has 0 saturated carbocycles. The van der Waals surface area contributed by atoms with Crippen molar-refractivity contribution in [2.45, 2.75) is 6.61 Å². The third-order valence-electron chi connectivity index (χ3n) is 4.20. The SMILES string of the molecule is COc1ccc(NC(=O)C(=O)N/N=C\c2ccc(OCc3ccc(Cl)c(Cl)c3)cc2)cc1. The van der Waals surface area contributed by atoms with Crippen molar-refractivity contribution in [3.05, 3.63) is 87.9 Å². The van der Waals surface area contributed by atoms with E-state index in [2.05, 4.69) is 15.8 Å². The summed E-state index contributed by atoms with van der Waals surface area (Å²) in [6.45, 7) is 0.337. The molecule has 0 heterocycles. The van der Waals surface area contributed by atoms with Crippen molar-refractivity contribution in [3.8, 4) is 11.5 Å². The van der Waals surface area contributed by atoms with E-state index in [0.29, 0.717) is 39.4 Å². The molecule has 164 valence electrons. The Labute approximate surface area is 194 Å². The minimum absolute atomic E-state index is 0.337. The summed E-state index contributed by atoms with van der Waals surface area (Å²) < 4.78 is 10.7. The number of carbonyl (C=O) groups excluding carboxylic acids is 2. The molecule has 2 amide bonds. The van der Waals surface area contributed by atoms with E-state index >= 15 is 0 Å². The Hall–Kier alpha value is -3.55. The van der Waals surface area contributed by atoms with Gasteiger partial charge in [0.25, 0.3) is 0 Å². The molecule has 0 aromatic heterocycles. The first-order valence-electron chi connectivity index (χ1n) is 9.40. The summed E-state index contributed by atoms with van der Waals surface area (Å²) in [5.41, 5.74) is 4.25. The molecule has 3 aromatic carbocycles. The maximum atomic E-state index is 11.9. The second-order valence-corrected chi connectivity index (χ2v) is 7.30. The highest BCUT2D eigenvalue weighted by molar-refractivity contribution is 6.42. The van der Waals surface area contributed by atoms with Gasteiger partial charge in [0, 0.05) is 5.69 Å². The lowest BCUT2D eigenvalue weighted by molar-refractivity contribution is -0.136. The summed E-state index contributed by atoms with van der Waals surface area (Å²) >= 11 is 11.9. The Morgan fingerprint density at radius 2 is 1.59 bits per heavy atom. The van der Waals surface area contributed by atoms with Gasteiger partial charge < -0.3 is 14.8 Å². The van der Waals surface area contributed by atoms with E-state index in [-0.39, 0.29) is 0 Å². The van der Waals surface area contributed by atoms with Crippen LogP contribution in [0.15, 0.2) is 71.8 Å². The van der Waals surface area contributed by atoms with Crippen molar-refractivity contribution in [3.63, 3.8) is 0 Å². The summed E-state index contributed by atoms with van der Waals surface area (Å²) in [6.07, 6.45) is 1.42. The van der Waals surface area contributed by atoms with Gasteiger partial charge in [-0.1, -0.05) is 29.3 Å². The lowest BCUT2D eigenvalue weighted by Gasteiger charge is -2.07. The maximum Gasteiger partial charge on any atom is 0.329 e. The number of methoxy groups -OCH3 is 1. The zero-order valence-corrected chi connectivity index (χ0v) is 18.5. The van der Waals surface area contributed by atoms with Gasteiger partial charge in [0.05, 0.1) is 23.4 Å². The molecule has 0 unspecified atom stereocenters. The van der Waals surface area contributed by atoms with Crippen molar-refractivity contribution < 1.29 is 19.1 Å². The highest BCUT2D eigenvalue weighted by Gasteiger charge is 2.12. The van der Waals surface area contributed by atoms with Gasteiger partial charge in [0.15, 0.2) is 0 Å². The van der Waals surface area contributed by atoms with Gasteiger partial charge in [-0.05, 0) is 71.8 Å². The number of rotatable bonds is 7. The predicted molar refractivity (Wildman–Crippen MR) is 125 cm³/mol. The van der Waals surface area contributed by atoms with Crippen LogP contribution in [0, 0.1) is 0 Å². The predicted octanol–water partition coefficient (Wildman–Crippen LogP) is 4.67. The molecule has 0 saturated heterocycles. The molecule has 0 bridgehead atoms. The fraction of sp³-hybridized carbons (Fsp3) is 0.0870. The van der Waals surface area contributed by atoms with Gasteiger partial charge in [-0.25, -0.2) is 5.43 Å². The van der Waals surface area contributed by atoms with Crippen LogP contribution in [0.4, 0.5) is 5.69 Å². The van der Waals surface area contributed by atoms with Crippen molar-refractivity contribution in [2.24, 2.45) is 5.10 Å². The number of halogens is 2. The second-order valence-electron chi connectivity index (χ2n) is 6.49. The lowest BCUT2D eigenvalue weighted by atomic mass is 10.2. The normalized spacial score (nSPS) is 10.6. The number of nitrogens with zero attached hydrogens (tertiary/aromatic N) is 1. The average molecular weight is 472 g/mol. The number of anilines is 1. The Bertz CT molecular complexity index is 1120. The highest BCUT2D eigenvalue weighted by atomic mass is 35.5. The molecule has 7 nitrogen and oxygen atoms in total. The number of carbonyl (C=O) groups is 2. The van der Waals surface area contributed by atoms with Crippen LogP contribution >= 0.6 is 23.2 Å². The Kier molecular flexibility index (Phi) is 8.08. The van der Waals surface area contributed by atoms with E-state index in [1.54, 1.807) is 60.7 Å². The molecular formula is C23H19Cl2N3O4. The van der Waals surface area contributed by atoms with Gasteiger partial charge in [0.2, 0.25) is 0 Å². The molecule has 3 rings (SSSR count). The van der Waals surface area contributed by atoms with E-state index in [1.807, 2.05) is 6.07 Å². The Balaban J connectivity index is 1.46. The van der Waals surface area contributed by atoms with Crippen molar-refractivity contribution in [1.29, 1.82) is 0 Å².